The molecule has 0 spiro atoms. The van der Waals surface area contributed by atoms with Gasteiger partial charge in [-0.15, -0.1) is 0 Å². The summed E-state index contributed by atoms with van der Waals surface area (Å²) < 4.78 is 0. The summed E-state index contributed by atoms with van der Waals surface area (Å²) >= 11 is 0. The second-order valence-electron chi connectivity index (χ2n) is 13.0. The average molecular weight is 419 g/mol. The monoisotopic (exact) mass is 418 g/mol. The Morgan fingerprint density at radius 3 is 2.20 bits per heavy atom. The van der Waals surface area contributed by atoms with Crippen molar-refractivity contribution < 1.29 is 10.2 Å². The predicted molar refractivity (Wildman–Crippen MR) is 125 cm³/mol. The zero-order valence-electron chi connectivity index (χ0n) is 20.6. The maximum Gasteiger partial charge on any atom is 0.0832 e. The van der Waals surface area contributed by atoms with Crippen LogP contribution in [-0.2, 0) is 0 Å². The molecule has 0 amide bonds. The molecule has 174 valence electrons. The molecular weight excluding hydrogens is 368 g/mol. The van der Waals surface area contributed by atoms with Gasteiger partial charge in [0, 0.05) is 0 Å². The first-order chi connectivity index (χ1) is 14.2. The minimum absolute atomic E-state index is 0.238. The summed E-state index contributed by atoms with van der Waals surface area (Å²) in [7, 11) is 0. The molecule has 30 heavy (non-hydrogen) atoms. The normalized spacial score (nSPS) is 49.8. The molecule has 4 aliphatic rings. The molecule has 0 heterocycles. The third-order valence-electron chi connectivity index (χ3n) is 11.2. The topological polar surface area (TPSA) is 40.5 Å². The lowest BCUT2D eigenvalue weighted by molar-refractivity contribution is -0.140. The van der Waals surface area contributed by atoms with Crippen LogP contribution in [0.5, 0.6) is 0 Å². The zero-order chi connectivity index (χ0) is 21.7. The highest BCUT2D eigenvalue weighted by atomic mass is 16.3. The third-order valence-corrected chi connectivity index (χ3v) is 11.2. The third kappa shape index (κ3) is 3.81. The van der Waals surface area contributed by atoms with Gasteiger partial charge in [0.05, 0.1) is 12.2 Å². The Balaban J connectivity index is 1.51. The predicted octanol–water partition coefficient (Wildman–Crippen LogP) is 6.83. The fourth-order valence-electron chi connectivity index (χ4n) is 9.54. The number of fused-ring (bicyclic) bond motifs is 5. The van der Waals surface area contributed by atoms with Gasteiger partial charge in [0.1, 0.15) is 0 Å². The highest BCUT2D eigenvalue weighted by Gasteiger charge is 2.60. The van der Waals surface area contributed by atoms with Gasteiger partial charge in [0.25, 0.3) is 0 Å². The lowest BCUT2D eigenvalue weighted by atomic mass is 9.48. The van der Waals surface area contributed by atoms with Crippen LogP contribution in [0.2, 0.25) is 0 Å². The standard InChI is InChI=1S/C28H50O2/c1-18(2)8-6-9-19(3)21-12-13-22-20-10-7-11-24-26(30)25(29)15-17-28(24,5)23(20)14-16-27(21,22)4/h18-26,29-30H,6-17H2,1-5H3/t19-,20+,21-,22+,23+,24+,25-,26+,27-,28-/m1/s1. The van der Waals surface area contributed by atoms with E-state index in [0.717, 1.165) is 54.8 Å². The van der Waals surface area contributed by atoms with Gasteiger partial charge in [-0.1, -0.05) is 60.3 Å². The molecule has 10 atom stereocenters. The van der Waals surface area contributed by atoms with E-state index >= 15 is 0 Å². The van der Waals surface area contributed by atoms with Gasteiger partial charge in [-0.25, -0.2) is 0 Å². The number of hydrogen-bond acceptors (Lipinski definition) is 2. The van der Waals surface area contributed by atoms with Crippen molar-refractivity contribution in [3.05, 3.63) is 0 Å². The van der Waals surface area contributed by atoms with E-state index in [-0.39, 0.29) is 5.41 Å². The van der Waals surface area contributed by atoms with Crippen LogP contribution in [0.25, 0.3) is 0 Å². The Labute approximate surface area is 186 Å². The van der Waals surface area contributed by atoms with Crippen molar-refractivity contribution in [1.82, 2.24) is 0 Å². The summed E-state index contributed by atoms with van der Waals surface area (Å²) in [6.45, 7) is 12.5. The van der Waals surface area contributed by atoms with E-state index < -0.39 is 12.2 Å². The van der Waals surface area contributed by atoms with Crippen molar-refractivity contribution in [3.63, 3.8) is 0 Å². The highest BCUT2D eigenvalue weighted by molar-refractivity contribution is 5.09. The van der Waals surface area contributed by atoms with Crippen LogP contribution in [0.1, 0.15) is 112 Å². The number of aliphatic hydroxyl groups excluding tert-OH is 2. The van der Waals surface area contributed by atoms with Crippen LogP contribution < -0.4 is 0 Å². The average Bonchev–Trinajstić information content (AvgIpc) is 2.96. The van der Waals surface area contributed by atoms with E-state index in [0.29, 0.717) is 11.3 Å². The van der Waals surface area contributed by atoms with E-state index in [1.165, 1.54) is 57.8 Å². The first-order valence-corrected chi connectivity index (χ1v) is 13.5. The zero-order valence-corrected chi connectivity index (χ0v) is 20.6. The largest absolute Gasteiger partial charge is 0.390 e. The van der Waals surface area contributed by atoms with Crippen molar-refractivity contribution in [3.8, 4) is 0 Å². The molecule has 4 fully saturated rings. The summed E-state index contributed by atoms with van der Waals surface area (Å²) in [4.78, 5) is 0. The Kier molecular flexibility index (Phi) is 6.69. The maximum atomic E-state index is 10.9. The van der Waals surface area contributed by atoms with Gasteiger partial charge < -0.3 is 10.2 Å². The van der Waals surface area contributed by atoms with Crippen LogP contribution in [0, 0.1) is 52.3 Å². The minimum Gasteiger partial charge on any atom is -0.390 e. The van der Waals surface area contributed by atoms with E-state index in [2.05, 4.69) is 34.6 Å². The molecule has 0 aromatic heterocycles. The molecule has 0 aromatic rings. The lowest BCUT2D eigenvalue weighted by Crippen LogP contribution is -2.54. The Morgan fingerprint density at radius 2 is 1.47 bits per heavy atom. The van der Waals surface area contributed by atoms with E-state index in [1.807, 2.05) is 0 Å². The molecule has 0 radical (unpaired) electrons. The van der Waals surface area contributed by atoms with E-state index in [4.69, 9.17) is 0 Å². The Morgan fingerprint density at radius 1 is 0.767 bits per heavy atom. The summed E-state index contributed by atoms with van der Waals surface area (Å²) in [6, 6.07) is 0. The van der Waals surface area contributed by atoms with Crippen LogP contribution in [0.4, 0.5) is 0 Å². The van der Waals surface area contributed by atoms with Gasteiger partial charge in [0.2, 0.25) is 0 Å². The molecule has 2 heteroatoms. The molecule has 2 nitrogen and oxygen atoms in total. The molecule has 0 saturated heterocycles. The fourth-order valence-corrected chi connectivity index (χ4v) is 9.54. The van der Waals surface area contributed by atoms with E-state index in [9.17, 15) is 10.2 Å². The second kappa shape index (κ2) is 8.69. The summed E-state index contributed by atoms with van der Waals surface area (Å²) in [5, 5.41) is 21.2. The highest BCUT2D eigenvalue weighted by Crippen LogP contribution is 2.67. The van der Waals surface area contributed by atoms with Gasteiger partial charge in [-0.3, -0.25) is 0 Å². The fraction of sp³-hybridized carbons (Fsp3) is 1.00. The van der Waals surface area contributed by atoms with E-state index in [1.54, 1.807) is 0 Å². The SMILES string of the molecule is CC(C)CCC[C@@H](C)[C@H]1CC[C@H]2[C@@H]3CCC[C@H]4[C@H](O)[C@H](O)CC[C@]4(C)[C@H]3CC[C@]12C. The van der Waals surface area contributed by atoms with Gasteiger partial charge >= 0.3 is 0 Å². The van der Waals surface area contributed by atoms with Gasteiger partial charge in [-0.05, 0) is 104 Å². The van der Waals surface area contributed by atoms with Gasteiger partial charge in [0.15, 0.2) is 0 Å². The Bertz CT molecular complexity index is 587. The molecular formula is C28H50O2. The second-order valence-corrected chi connectivity index (χ2v) is 13.0. The molecule has 4 rings (SSSR count). The van der Waals surface area contributed by atoms with Crippen LogP contribution in [0.15, 0.2) is 0 Å². The van der Waals surface area contributed by atoms with Crippen LogP contribution in [-0.4, -0.2) is 22.4 Å². The lowest BCUT2D eigenvalue weighted by Gasteiger charge is -2.57. The summed E-state index contributed by atoms with van der Waals surface area (Å²) in [5.74, 6) is 5.45. The Hall–Kier alpha value is -0.0800. The van der Waals surface area contributed by atoms with Crippen molar-refractivity contribution in [2.75, 3.05) is 0 Å². The molecule has 0 bridgehead atoms. The van der Waals surface area contributed by atoms with Crippen molar-refractivity contribution in [1.29, 1.82) is 0 Å². The molecule has 2 N–H and O–H groups in total. The molecule has 0 aliphatic heterocycles. The van der Waals surface area contributed by atoms with Crippen molar-refractivity contribution >= 4 is 0 Å². The van der Waals surface area contributed by atoms with Crippen molar-refractivity contribution in [2.45, 2.75) is 124 Å². The summed E-state index contributed by atoms with van der Waals surface area (Å²) in [5.41, 5.74) is 0.781. The molecule has 4 aliphatic carbocycles. The quantitative estimate of drug-likeness (QED) is 0.513. The summed E-state index contributed by atoms with van der Waals surface area (Å²) in [6.07, 6.45) is 14.6. The molecule has 0 unspecified atom stereocenters. The number of aliphatic hydroxyl groups is 2. The van der Waals surface area contributed by atoms with Crippen molar-refractivity contribution in [2.24, 2.45) is 52.3 Å². The minimum atomic E-state index is -0.492. The maximum absolute atomic E-state index is 10.9. The first kappa shape index (κ1) is 23.1. The van der Waals surface area contributed by atoms with Crippen LogP contribution in [0.3, 0.4) is 0 Å². The molecule has 0 aromatic carbocycles. The number of hydrogen-bond donors (Lipinski definition) is 2. The number of rotatable bonds is 5. The van der Waals surface area contributed by atoms with Crippen LogP contribution >= 0.6 is 0 Å². The van der Waals surface area contributed by atoms with Gasteiger partial charge in [-0.2, -0.15) is 0 Å². The smallest absolute Gasteiger partial charge is 0.0832 e. The first-order valence-electron chi connectivity index (χ1n) is 13.5. The molecule has 4 saturated carbocycles.